The summed E-state index contributed by atoms with van der Waals surface area (Å²) in [4.78, 5) is 7.33. The highest BCUT2D eigenvalue weighted by molar-refractivity contribution is 5.75. The van der Waals surface area contributed by atoms with Gasteiger partial charge in [0, 0.05) is 19.3 Å². The largest absolute Gasteiger partial charge is 0.320 e. The van der Waals surface area contributed by atoms with Crippen molar-refractivity contribution in [3.63, 3.8) is 0 Å². The molecule has 0 saturated carbocycles. The molecule has 1 unspecified atom stereocenters. The molecule has 2 heterocycles. The number of aliphatic imine (C=N–C) groups is 1. The van der Waals surface area contributed by atoms with Gasteiger partial charge in [-0.25, -0.2) is 0 Å². The molecule has 0 aromatic heterocycles. The zero-order valence-electron chi connectivity index (χ0n) is 12.0. The fourth-order valence-electron chi connectivity index (χ4n) is 3.21. The fraction of sp³-hybridized carbons (Fsp3) is 0.800. The first-order valence-corrected chi connectivity index (χ1v) is 7.31. The van der Waals surface area contributed by atoms with E-state index in [1.54, 1.807) is 0 Å². The van der Waals surface area contributed by atoms with Crippen LogP contribution in [0.2, 0.25) is 0 Å². The van der Waals surface area contributed by atoms with E-state index in [0.717, 1.165) is 12.5 Å². The van der Waals surface area contributed by atoms with E-state index in [1.165, 1.54) is 32.4 Å². The second-order valence-corrected chi connectivity index (χ2v) is 5.90. The highest BCUT2D eigenvalue weighted by Crippen LogP contribution is 2.34. The predicted molar refractivity (Wildman–Crippen MR) is 78.0 cm³/mol. The Morgan fingerprint density at radius 1 is 1.39 bits per heavy atom. The van der Waals surface area contributed by atoms with Gasteiger partial charge >= 0.3 is 0 Å². The molecule has 0 amide bonds. The molecule has 2 aliphatic rings. The molecule has 1 saturated heterocycles. The van der Waals surface area contributed by atoms with E-state index in [9.17, 15) is 0 Å². The van der Waals surface area contributed by atoms with Gasteiger partial charge < -0.3 is 5.32 Å². The smallest absolute Gasteiger partial charge is 0.134 e. The van der Waals surface area contributed by atoms with Gasteiger partial charge in [-0.2, -0.15) is 0 Å². The Kier molecular flexibility index (Phi) is 4.57. The third kappa shape index (κ3) is 2.67. The molecule has 1 fully saturated rings. The quantitative estimate of drug-likeness (QED) is 0.809. The minimum atomic E-state index is -0.0476. The van der Waals surface area contributed by atoms with Gasteiger partial charge in [0.1, 0.15) is 5.66 Å². The minimum absolute atomic E-state index is 0.0476. The van der Waals surface area contributed by atoms with E-state index in [0.29, 0.717) is 5.92 Å². The lowest BCUT2D eigenvalue weighted by molar-refractivity contribution is 0.0567. The molecule has 3 heteroatoms. The van der Waals surface area contributed by atoms with Crippen molar-refractivity contribution < 1.29 is 0 Å². The van der Waals surface area contributed by atoms with Crippen LogP contribution in [0, 0.1) is 11.8 Å². The molecule has 3 nitrogen and oxygen atoms in total. The molecule has 2 rings (SSSR count). The van der Waals surface area contributed by atoms with Crippen molar-refractivity contribution in [1.29, 1.82) is 0 Å². The molecule has 18 heavy (non-hydrogen) atoms. The minimum Gasteiger partial charge on any atom is -0.320 e. The van der Waals surface area contributed by atoms with Crippen LogP contribution in [0.1, 0.15) is 33.1 Å². The number of allylic oxidation sites excluding steroid dienone is 1. The third-order valence-corrected chi connectivity index (χ3v) is 4.48. The van der Waals surface area contributed by atoms with Gasteiger partial charge in [-0.05, 0) is 56.8 Å². The molecule has 0 aromatic rings. The fourth-order valence-corrected chi connectivity index (χ4v) is 3.21. The van der Waals surface area contributed by atoms with E-state index < -0.39 is 0 Å². The summed E-state index contributed by atoms with van der Waals surface area (Å²) in [7, 11) is 2.04. The van der Waals surface area contributed by atoms with Crippen molar-refractivity contribution in [1.82, 2.24) is 10.2 Å². The van der Waals surface area contributed by atoms with Crippen LogP contribution in [-0.2, 0) is 0 Å². The van der Waals surface area contributed by atoms with E-state index >= 15 is 0 Å². The van der Waals surface area contributed by atoms with Crippen LogP contribution in [0.4, 0.5) is 0 Å². The molecule has 1 N–H and O–H groups in total. The standard InChI is InChI=1S/C15H27N3/c1-13(2)15(8-4-9-17-15)18-11-6-14(7-12-18)5-10-16-3/h4,8-9,13-14,16H,5-7,10-12H2,1-3H3. The number of hydrogen-bond acceptors (Lipinski definition) is 3. The topological polar surface area (TPSA) is 27.6 Å². The molecule has 1 atom stereocenters. The summed E-state index contributed by atoms with van der Waals surface area (Å²) in [6.45, 7) is 8.08. The first-order valence-electron chi connectivity index (χ1n) is 7.31. The maximum Gasteiger partial charge on any atom is 0.134 e. The number of likely N-dealkylation sites (tertiary alicyclic amines) is 1. The van der Waals surface area contributed by atoms with Crippen molar-refractivity contribution in [2.75, 3.05) is 26.7 Å². The van der Waals surface area contributed by atoms with E-state index in [-0.39, 0.29) is 5.66 Å². The van der Waals surface area contributed by atoms with Gasteiger partial charge in [0.15, 0.2) is 0 Å². The Hall–Kier alpha value is -0.670. The van der Waals surface area contributed by atoms with Gasteiger partial charge in [0.25, 0.3) is 0 Å². The van der Waals surface area contributed by atoms with Crippen molar-refractivity contribution in [2.45, 2.75) is 38.8 Å². The summed E-state index contributed by atoms with van der Waals surface area (Å²) in [5.41, 5.74) is -0.0476. The Morgan fingerprint density at radius 2 is 2.11 bits per heavy atom. The molecule has 102 valence electrons. The van der Waals surface area contributed by atoms with Crippen LogP contribution in [0.15, 0.2) is 17.1 Å². The van der Waals surface area contributed by atoms with Crippen LogP contribution in [-0.4, -0.2) is 43.5 Å². The van der Waals surface area contributed by atoms with Crippen molar-refractivity contribution in [3.8, 4) is 0 Å². The Bertz CT molecular complexity index is 300. The van der Waals surface area contributed by atoms with Crippen molar-refractivity contribution in [3.05, 3.63) is 12.2 Å². The SMILES string of the molecule is CNCCC1CCN(C2(C(C)C)C=CC=N2)CC1. The lowest BCUT2D eigenvalue weighted by atomic mass is 9.88. The van der Waals surface area contributed by atoms with Crippen LogP contribution < -0.4 is 5.32 Å². The van der Waals surface area contributed by atoms with E-state index in [1.807, 2.05) is 13.3 Å². The molecular weight excluding hydrogens is 222 g/mol. The van der Waals surface area contributed by atoms with Crippen LogP contribution in [0.25, 0.3) is 0 Å². The molecule has 0 aromatic carbocycles. The number of rotatable bonds is 5. The maximum absolute atomic E-state index is 4.76. The molecule has 0 aliphatic carbocycles. The van der Waals surface area contributed by atoms with Gasteiger partial charge in [0.2, 0.25) is 0 Å². The summed E-state index contributed by atoms with van der Waals surface area (Å²) in [5.74, 6) is 1.44. The van der Waals surface area contributed by atoms with E-state index in [2.05, 4.69) is 36.2 Å². The molecule has 0 spiro atoms. The van der Waals surface area contributed by atoms with E-state index in [4.69, 9.17) is 4.99 Å². The van der Waals surface area contributed by atoms with Crippen LogP contribution >= 0.6 is 0 Å². The van der Waals surface area contributed by atoms with Gasteiger partial charge in [-0.3, -0.25) is 9.89 Å². The van der Waals surface area contributed by atoms with Gasteiger partial charge in [0.05, 0.1) is 0 Å². The highest BCUT2D eigenvalue weighted by atomic mass is 15.3. The molecule has 0 bridgehead atoms. The Labute approximate surface area is 111 Å². The van der Waals surface area contributed by atoms with Gasteiger partial charge in [-0.15, -0.1) is 0 Å². The monoisotopic (exact) mass is 249 g/mol. The lowest BCUT2D eigenvalue weighted by Gasteiger charge is -2.44. The highest BCUT2D eigenvalue weighted by Gasteiger charge is 2.39. The summed E-state index contributed by atoms with van der Waals surface area (Å²) >= 11 is 0. The zero-order valence-corrected chi connectivity index (χ0v) is 12.0. The molecule has 0 radical (unpaired) electrons. The second kappa shape index (κ2) is 5.98. The van der Waals surface area contributed by atoms with Gasteiger partial charge in [-0.1, -0.05) is 13.8 Å². The average Bonchev–Trinajstić information content (AvgIpc) is 2.87. The Morgan fingerprint density at radius 3 is 2.61 bits per heavy atom. The number of nitrogens with one attached hydrogen (secondary N) is 1. The first-order chi connectivity index (χ1) is 8.69. The normalized spacial score (nSPS) is 29.6. The first kappa shape index (κ1) is 13.8. The average molecular weight is 249 g/mol. The third-order valence-electron chi connectivity index (χ3n) is 4.48. The lowest BCUT2D eigenvalue weighted by Crippen LogP contribution is -2.52. The van der Waals surface area contributed by atoms with Crippen molar-refractivity contribution >= 4 is 6.21 Å². The maximum atomic E-state index is 4.76. The second-order valence-electron chi connectivity index (χ2n) is 5.90. The summed E-state index contributed by atoms with van der Waals surface area (Å²) in [6, 6.07) is 0. The van der Waals surface area contributed by atoms with Crippen LogP contribution in [0.5, 0.6) is 0 Å². The molecule has 2 aliphatic heterocycles. The zero-order chi connectivity index (χ0) is 13.0. The summed E-state index contributed by atoms with van der Waals surface area (Å²) in [5, 5.41) is 3.26. The van der Waals surface area contributed by atoms with Crippen molar-refractivity contribution in [2.24, 2.45) is 16.8 Å². The van der Waals surface area contributed by atoms with Crippen LogP contribution in [0.3, 0.4) is 0 Å². The Balaban J connectivity index is 1.92. The number of piperidine rings is 1. The summed E-state index contributed by atoms with van der Waals surface area (Å²) in [6.07, 6.45) is 10.3. The predicted octanol–water partition coefficient (Wildman–Crippen LogP) is 2.30. The summed E-state index contributed by atoms with van der Waals surface area (Å²) < 4.78 is 0. The number of nitrogens with zero attached hydrogens (tertiary/aromatic N) is 2. The number of hydrogen-bond donors (Lipinski definition) is 1. The molecular formula is C15H27N3.